The molecule has 0 saturated heterocycles. The predicted molar refractivity (Wildman–Crippen MR) is 66.1 cm³/mol. The zero-order chi connectivity index (χ0) is 12.1. The summed E-state index contributed by atoms with van der Waals surface area (Å²) in [6.45, 7) is 6.19. The maximum Gasteiger partial charge on any atom is 0.190 e. The normalized spacial score (nSPS) is 12.1. The number of aryl methyl sites for hydroxylation is 1. The lowest BCUT2D eigenvalue weighted by atomic mass is 10.2. The maximum atomic E-state index is 8.93. The van der Waals surface area contributed by atoms with E-state index in [1.54, 1.807) is 11.8 Å². The van der Waals surface area contributed by atoms with E-state index in [1.165, 1.54) is 0 Å². The van der Waals surface area contributed by atoms with E-state index in [0.717, 1.165) is 12.1 Å². The Morgan fingerprint density at radius 1 is 1.44 bits per heavy atom. The molecular weight excluding hydrogens is 220 g/mol. The van der Waals surface area contributed by atoms with Crippen molar-refractivity contribution in [1.29, 1.82) is 5.26 Å². The minimum atomic E-state index is 0.292. The minimum Gasteiger partial charge on any atom is -0.382 e. The van der Waals surface area contributed by atoms with Gasteiger partial charge in [-0.15, -0.1) is 0 Å². The first-order valence-electron chi connectivity index (χ1n) is 5.35. The van der Waals surface area contributed by atoms with Crippen LogP contribution in [0.2, 0.25) is 0 Å². The van der Waals surface area contributed by atoms with E-state index in [2.05, 4.69) is 29.9 Å². The third-order valence-corrected chi connectivity index (χ3v) is 3.45. The van der Waals surface area contributed by atoms with Gasteiger partial charge in [-0.2, -0.15) is 5.26 Å². The molecule has 0 aliphatic heterocycles. The largest absolute Gasteiger partial charge is 0.382 e. The molecule has 1 heterocycles. The number of thioether (sulfide) groups is 1. The Labute approximate surface area is 100 Å². The van der Waals surface area contributed by atoms with E-state index in [9.17, 15) is 0 Å². The van der Waals surface area contributed by atoms with Crippen molar-refractivity contribution in [3.63, 3.8) is 0 Å². The summed E-state index contributed by atoms with van der Waals surface area (Å²) in [7, 11) is 0. The van der Waals surface area contributed by atoms with Crippen LogP contribution in [0.4, 0.5) is 5.82 Å². The van der Waals surface area contributed by atoms with Crippen LogP contribution in [-0.4, -0.2) is 15.2 Å². The summed E-state index contributed by atoms with van der Waals surface area (Å²) in [4.78, 5) is 8.51. The van der Waals surface area contributed by atoms with Crippen LogP contribution in [0, 0.1) is 11.3 Å². The van der Waals surface area contributed by atoms with Gasteiger partial charge in [-0.1, -0.05) is 32.5 Å². The second kappa shape index (κ2) is 5.71. The molecular formula is C11H16N4S. The Hall–Kier alpha value is -1.28. The Balaban J connectivity index is 3.07. The summed E-state index contributed by atoms with van der Waals surface area (Å²) in [5, 5.41) is 10.1. The van der Waals surface area contributed by atoms with Gasteiger partial charge in [-0.3, -0.25) is 0 Å². The van der Waals surface area contributed by atoms with Crippen molar-refractivity contribution < 1.29 is 0 Å². The van der Waals surface area contributed by atoms with Gasteiger partial charge in [0.2, 0.25) is 0 Å². The zero-order valence-electron chi connectivity index (χ0n) is 9.82. The van der Waals surface area contributed by atoms with E-state index in [-0.39, 0.29) is 0 Å². The molecule has 1 rings (SSSR count). The highest BCUT2D eigenvalue weighted by Gasteiger charge is 2.12. The Morgan fingerprint density at radius 2 is 2.12 bits per heavy atom. The van der Waals surface area contributed by atoms with E-state index >= 15 is 0 Å². The highest BCUT2D eigenvalue weighted by atomic mass is 32.2. The first-order valence-corrected chi connectivity index (χ1v) is 6.23. The molecule has 0 saturated carbocycles. The smallest absolute Gasteiger partial charge is 0.190 e. The van der Waals surface area contributed by atoms with Crippen molar-refractivity contribution in [1.82, 2.24) is 9.97 Å². The number of aromatic nitrogens is 2. The van der Waals surface area contributed by atoms with E-state index in [1.807, 2.05) is 6.92 Å². The van der Waals surface area contributed by atoms with Gasteiger partial charge in [-0.05, 0) is 12.8 Å². The van der Waals surface area contributed by atoms with Gasteiger partial charge in [-0.25, -0.2) is 9.97 Å². The monoisotopic (exact) mass is 236 g/mol. The number of hydrogen-bond acceptors (Lipinski definition) is 5. The molecule has 4 nitrogen and oxygen atoms in total. The van der Waals surface area contributed by atoms with Crippen LogP contribution in [0.15, 0.2) is 5.16 Å². The molecule has 2 N–H and O–H groups in total. The van der Waals surface area contributed by atoms with Crippen molar-refractivity contribution in [2.75, 3.05) is 5.73 Å². The molecule has 1 aromatic rings. The maximum absolute atomic E-state index is 8.93. The van der Waals surface area contributed by atoms with Gasteiger partial charge in [0, 0.05) is 5.25 Å². The Kier molecular flexibility index (Phi) is 4.56. The van der Waals surface area contributed by atoms with Crippen LogP contribution < -0.4 is 5.73 Å². The Morgan fingerprint density at radius 3 is 2.62 bits per heavy atom. The van der Waals surface area contributed by atoms with Crippen LogP contribution in [-0.2, 0) is 6.42 Å². The van der Waals surface area contributed by atoms with Crippen molar-refractivity contribution in [2.45, 2.75) is 44.0 Å². The lowest BCUT2D eigenvalue weighted by molar-refractivity contribution is 0.861. The van der Waals surface area contributed by atoms with Gasteiger partial charge >= 0.3 is 0 Å². The molecule has 0 aliphatic rings. The lowest BCUT2D eigenvalue weighted by Crippen LogP contribution is -2.06. The summed E-state index contributed by atoms with van der Waals surface area (Å²) in [6.07, 6.45) is 1.75. The third-order valence-electron chi connectivity index (χ3n) is 2.32. The SMILES string of the molecule is CCc1nc(SC(C)CC)nc(N)c1C#N. The molecule has 1 aromatic heterocycles. The van der Waals surface area contributed by atoms with Gasteiger partial charge in [0.1, 0.15) is 17.5 Å². The number of nitrogens with zero attached hydrogens (tertiary/aromatic N) is 3. The van der Waals surface area contributed by atoms with Crippen LogP contribution in [0.25, 0.3) is 0 Å². The minimum absolute atomic E-state index is 0.292. The molecule has 0 fully saturated rings. The summed E-state index contributed by atoms with van der Waals surface area (Å²) in [5.74, 6) is 0.292. The van der Waals surface area contributed by atoms with Crippen molar-refractivity contribution in [3.05, 3.63) is 11.3 Å². The number of rotatable bonds is 4. The predicted octanol–water partition coefficient (Wildman–Crippen LogP) is 2.38. The second-order valence-corrected chi connectivity index (χ2v) is 4.92. The quantitative estimate of drug-likeness (QED) is 0.641. The number of hydrogen-bond donors (Lipinski definition) is 1. The first kappa shape index (κ1) is 12.8. The van der Waals surface area contributed by atoms with Gasteiger partial charge < -0.3 is 5.73 Å². The van der Waals surface area contributed by atoms with Gasteiger partial charge in [0.15, 0.2) is 5.16 Å². The van der Waals surface area contributed by atoms with Crippen LogP contribution in [0.5, 0.6) is 0 Å². The molecule has 1 atom stereocenters. The molecule has 16 heavy (non-hydrogen) atoms. The molecule has 0 aliphatic carbocycles. The van der Waals surface area contributed by atoms with Gasteiger partial charge in [0.25, 0.3) is 0 Å². The number of anilines is 1. The molecule has 5 heteroatoms. The van der Waals surface area contributed by atoms with Crippen LogP contribution in [0.1, 0.15) is 38.4 Å². The zero-order valence-corrected chi connectivity index (χ0v) is 10.6. The lowest BCUT2D eigenvalue weighted by Gasteiger charge is -2.09. The summed E-state index contributed by atoms with van der Waals surface area (Å²) < 4.78 is 0. The van der Waals surface area contributed by atoms with E-state index in [4.69, 9.17) is 11.0 Å². The average molecular weight is 236 g/mol. The fraction of sp³-hybridized carbons (Fsp3) is 0.545. The fourth-order valence-electron chi connectivity index (χ4n) is 1.20. The van der Waals surface area contributed by atoms with Crippen molar-refractivity contribution in [2.24, 2.45) is 0 Å². The third kappa shape index (κ3) is 2.86. The fourth-order valence-corrected chi connectivity index (χ4v) is 2.04. The van der Waals surface area contributed by atoms with Crippen molar-refractivity contribution >= 4 is 17.6 Å². The Bertz CT molecular complexity index is 411. The highest BCUT2D eigenvalue weighted by molar-refractivity contribution is 7.99. The van der Waals surface area contributed by atoms with Gasteiger partial charge in [0.05, 0.1) is 5.69 Å². The standard InChI is InChI=1S/C11H16N4S/c1-4-7(3)16-11-14-9(5-2)8(6-12)10(13)15-11/h7H,4-5H2,1-3H3,(H2,13,14,15). The molecule has 1 unspecified atom stereocenters. The second-order valence-electron chi connectivity index (χ2n) is 3.52. The summed E-state index contributed by atoms with van der Waals surface area (Å²) in [6, 6.07) is 2.05. The summed E-state index contributed by atoms with van der Waals surface area (Å²) in [5.41, 5.74) is 6.89. The van der Waals surface area contributed by atoms with Crippen molar-refractivity contribution in [3.8, 4) is 6.07 Å². The molecule has 86 valence electrons. The number of nitrogen functional groups attached to an aromatic ring is 1. The highest BCUT2D eigenvalue weighted by Crippen LogP contribution is 2.24. The average Bonchev–Trinajstić information content (AvgIpc) is 2.28. The number of nitrogens with two attached hydrogens (primary N) is 1. The first-order chi connectivity index (χ1) is 7.62. The molecule has 0 amide bonds. The summed E-state index contributed by atoms with van der Waals surface area (Å²) >= 11 is 1.59. The molecule has 0 bridgehead atoms. The topological polar surface area (TPSA) is 75.6 Å². The molecule has 0 radical (unpaired) electrons. The van der Waals surface area contributed by atoms with E-state index in [0.29, 0.717) is 28.2 Å². The molecule has 0 aromatic carbocycles. The molecule has 0 spiro atoms. The van der Waals surface area contributed by atoms with E-state index < -0.39 is 0 Å². The van der Waals surface area contributed by atoms with Crippen LogP contribution >= 0.6 is 11.8 Å². The number of nitriles is 1. The van der Waals surface area contributed by atoms with Crippen LogP contribution in [0.3, 0.4) is 0 Å².